The first-order chi connectivity index (χ1) is 10.7. The van der Waals surface area contributed by atoms with Gasteiger partial charge in [0.1, 0.15) is 12.4 Å². The van der Waals surface area contributed by atoms with Crippen molar-refractivity contribution in [1.82, 2.24) is 9.78 Å². The van der Waals surface area contributed by atoms with Gasteiger partial charge in [0, 0.05) is 5.56 Å². The molecule has 0 fully saturated rings. The van der Waals surface area contributed by atoms with Gasteiger partial charge in [-0.25, -0.2) is 4.68 Å². The summed E-state index contributed by atoms with van der Waals surface area (Å²) >= 11 is 6.14. The Bertz CT molecular complexity index is 763. The smallest absolute Gasteiger partial charge is 0.289 e. The topological polar surface area (TPSA) is 53.4 Å². The van der Waals surface area contributed by atoms with Gasteiger partial charge >= 0.3 is 0 Å². The van der Waals surface area contributed by atoms with Crippen LogP contribution in [-0.4, -0.2) is 16.9 Å². The van der Waals surface area contributed by atoms with E-state index in [1.807, 2.05) is 45.9 Å². The highest BCUT2D eigenvalue weighted by Gasteiger charge is 2.20. The van der Waals surface area contributed by atoms with Crippen LogP contribution in [0.25, 0.3) is 0 Å². The number of halogens is 1. The summed E-state index contributed by atoms with van der Waals surface area (Å²) in [4.78, 5) is 12.3. The molecule has 1 heterocycles. The minimum Gasteiger partial charge on any atom is -0.496 e. The number of hydrogen-bond acceptors (Lipinski definition) is 4. The molecule has 2 aromatic rings. The number of benzene rings is 1. The molecule has 0 amide bonds. The van der Waals surface area contributed by atoms with Crippen molar-refractivity contribution in [2.24, 2.45) is 0 Å². The molecule has 0 aliphatic rings. The predicted octanol–water partition coefficient (Wildman–Crippen LogP) is 3.55. The first-order valence-electron chi connectivity index (χ1n) is 7.28. The van der Waals surface area contributed by atoms with Crippen molar-refractivity contribution in [1.29, 1.82) is 0 Å². The Kier molecular flexibility index (Phi) is 5.00. The fourth-order valence-electron chi connectivity index (χ4n) is 2.12. The highest BCUT2D eigenvalue weighted by molar-refractivity contribution is 6.31. The first-order valence-corrected chi connectivity index (χ1v) is 7.66. The maximum absolute atomic E-state index is 12.3. The standard InChI is InChI=1S/C17H21ClN2O3/c1-11-6-7-12(13(8-11)22-5)10-23-14-9-19-20(17(2,3)4)16(21)15(14)18/h6-9H,10H2,1-5H3. The van der Waals surface area contributed by atoms with E-state index in [1.165, 1.54) is 10.9 Å². The molecular formula is C17H21ClN2O3. The molecule has 0 radical (unpaired) electrons. The van der Waals surface area contributed by atoms with Crippen LogP contribution in [0.1, 0.15) is 31.9 Å². The number of aromatic nitrogens is 2. The summed E-state index contributed by atoms with van der Waals surface area (Å²) in [5.41, 5.74) is 1.15. The fourth-order valence-corrected chi connectivity index (χ4v) is 2.31. The molecule has 0 saturated heterocycles. The van der Waals surface area contributed by atoms with E-state index in [0.717, 1.165) is 16.9 Å². The van der Waals surface area contributed by atoms with Gasteiger partial charge in [0.15, 0.2) is 10.8 Å². The second kappa shape index (κ2) is 6.62. The quantitative estimate of drug-likeness (QED) is 0.856. The molecule has 1 aromatic carbocycles. The van der Waals surface area contributed by atoms with Crippen LogP contribution in [-0.2, 0) is 12.1 Å². The lowest BCUT2D eigenvalue weighted by atomic mass is 10.1. The SMILES string of the molecule is COc1cc(C)ccc1COc1cnn(C(C)(C)C)c(=O)c1Cl. The largest absolute Gasteiger partial charge is 0.496 e. The van der Waals surface area contributed by atoms with Crippen LogP contribution >= 0.6 is 11.6 Å². The van der Waals surface area contributed by atoms with Crippen molar-refractivity contribution >= 4 is 11.6 Å². The molecule has 0 N–H and O–H groups in total. The third-order valence-electron chi connectivity index (χ3n) is 3.35. The molecule has 0 bridgehead atoms. The summed E-state index contributed by atoms with van der Waals surface area (Å²) in [6.07, 6.45) is 1.47. The van der Waals surface area contributed by atoms with Crippen LogP contribution in [0.4, 0.5) is 0 Å². The lowest BCUT2D eigenvalue weighted by molar-refractivity contribution is 0.285. The van der Waals surface area contributed by atoms with E-state index in [1.54, 1.807) is 7.11 Å². The molecule has 6 heteroatoms. The summed E-state index contributed by atoms with van der Waals surface area (Å²) in [6.45, 7) is 7.88. The van der Waals surface area contributed by atoms with Crippen molar-refractivity contribution in [3.8, 4) is 11.5 Å². The average molecular weight is 337 g/mol. The fraction of sp³-hybridized carbons (Fsp3) is 0.412. The van der Waals surface area contributed by atoms with Crippen LogP contribution in [0.15, 0.2) is 29.2 Å². The minimum atomic E-state index is -0.445. The molecule has 1 aromatic heterocycles. The zero-order valence-electron chi connectivity index (χ0n) is 14.0. The van der Waals surface area contributed by atoms with Crippen molar-refractivity contribution < 1.29 is 9.47 Å². The molecule has 0 atom stereocenters. The Hall–Kier alpha value is -2.01. The summed E-state index contributed by atoms with van der Waals surface area (Å²) in [5.74, 6) is 0.997. The molecule has 0 saturated carbocycles. The van der Waals surface area contributed by atoms with Crippen molar-refractivity contribution in [2.75, 3.05) is 7.11 Å². The van der Waals surface area contributed by atoms with E-state index in [0.29, 0.717) is 0 Å². The van der Waals surface area contributed by atoms with Crippen molar-refractivity contribution in [3.05, 3.63) is 50.9 Å². The van der Waals surface area contributed by atoms with Crippen LogP contribution in [0.3, 0.4) is 0 Å². The molecule has 0 spiro atoms. The number of ether oxygens (including phenoxy) is 2. The van der Waals surface area contributed by atoms with Crippen LogP contribution in [0.2, 0.25) is 5.02 Å². The van der Waals surface area contributed by atoms with E-state index in [4.69, 9.17) is 21.1 Å². The second-order valence-corrected chi connectivity index (χ2v) is 6.69. The lowest BCUT2D eigenvalue weighted by Gasteiger charge is -2.21. The summed E-state index contributed by atoms with van der Waals surface area (Å²) in [7, 11) is 1.61. The van der Waals surface area contributed by atoms with Crippen molar-refractivity contribution in [3.63, 3.8) is 0 Å². The second-order valence-electron chi connectivity index (χ2n) is 6.31. The van der Waals surface area contributed by atoms with Gasteiger partial charge in [-0.15, -0.1) is 0 Å². The predicted molar refractivity (Wildman–Crippen MR) is 90.6 cm³/mol. The maximum Gasteiger partial charge on any atom is 0.289 e. The third kappa shape index (κ3) is 3.85. The average Bonchev–Trinajstić information content (AvgIpc) is 2.48. The molecular weight excluding hydrogens is 316 g/mol. The minimum absolute atomic E-state index is 0.0287. The Morgan fingerprint density at radius 2 is 1.96 bits per heavy atom. The highest BCUT2D eigenvalue weighted by Crippen LogP contribution is 2.25. The molecule has 0 unspecified atom stereocenters. The van der Waals surface area contributed by atoms with Crippen LogP contribution in [0, 0.1) is 6.92 Å². The van der Waals surface area contributed by atoms with E-state index in [-0.39, 0.29) is 22.9 Å². The summed E-state index contributed by atoms with van der Waals surface area (Å²) in [5, 5.41) is 4.17. The van der Waals surface area contributed by atoms with E-state index >= 15 is 0 Å². The first kappa shape index (κ1) is 17.3. The third-order valence-corrected chi connectivity index (χ3v) is 3.70. The number of rotatable bonds is 4. The van der Waals surface area contributed by atoms with Gasteiger partial charge in [0.05, 0.1) is 18.8 Å². The number of aryl methyl sites for hydroxylation is 1. The zero-order valence-corrected chi connectivity index (χ0v) is 14.8. The Morgan fingerprint density at radius 1 is 1.26 bits per heavy atom. The maximum atomic E-state index is 12.3. The van der Waals surface area contributed by atoms with E-state index < -0.39 is 5.54 Å². The zero-order chi connectivity index (χ0) is 17.2. The van der Waals surface area contributed by atoms with Gasteiger partial charge in [0.2, 0.25) is 0 Å². The summed E-state index contributed by atoms with van der Waals surface area (Å²) in [6, 6.07) is 5.82. The van der Waals surface area contributed by atoms with E-state index in [2.05, 4.69) is 5.10 Å². The number of methoxy groups -OCH3 is 1. The Morgan fingerprint density at radius 3 is 2.57 bits per heavy atom. The van der Waals surface area contributed by atoms with Gasteiger partial charge in [0.25, 0.3) is 5.56 Å². The normalized spacial score (nSPS) is 11.4. The van der Waals surface area contributed by atoms with Gasteiger partial charge in [-0.1, -0.05) is 23.7 Å². The molecule has 0 aliphatic heterocycles. The monoisotopic (exact) mass is 336 g/mol. The highest BCUT2D eigenvalue weighted by atomic mass is 35.5. The lowest BCUT2D eigenvalue weighted by Crippen LogP contribution is -2.36. The van der Waals surface area contributed by atoms with E-state index in [9.17, 15) is 4.79 Å². The van der Waals surface area contributed by atoms with Crippen LogP contribution < -0.4 is 15.0 Å². The number of hydrogen-bond donors (Lipinski definition) is 0. The summed E-state index contributed by atoms with van der Waals surface area (Å²) < 4.78 is 12.3. The molecule has 0 aliphatic carbocycles. The molecule has 2 rings (SSSR count). The van der Waals surface area contributed by atoms with Gasteiger partial charge in [-0.05, 0) is 39.3 Å². The van der Waals surface area contributed by atoms with Gasteiger partial charge in [-0.3, -0.25) is 4.79 Å². The molecule has 5 nitrogen and oxygen atoms in total. The molecule has 23 heavy (non-hydrogen) atoms. The van der Waals surface area contributed by atoms with Crippen molar-refractivity contribution in [2.45, 2.75) is 39.8 Å². The van der Waals surface area contributed by atoms with Gasteiger partial charge in [-0.2, -0.15) is 5.10 Å². The van der Waals surface area contributed by atoms with Crippen LogP contribution in [0.5, 0.6) is 11.5 Å². The molecule has 124 valence electrons. The van der Waals surface area contributed by atoms with Gasteiger partial charge < -0.3 is 9.47 Å². The Labute approximate surface area is 140 Å². The number of nitrogens with zero attached hydrogens (tertiary/aromatic N) is 2. The Balaban J connectivity index is 2.26.